The van der Waals surface area contributed by atoms with E-state index in [1.54, 1.807) is 36.4 Å². The highest BCUT2D eigenvalue weighted by atomic mass is 32.2. The average molecular weight is 392 g/mol. The van der Waals surface area contributed by atoms with Gasteiger partial charge in [0.1, 0.15) is 9.49 Å². The molecule has 3 aliphatic rings. The van der Waals surface area contributed by atoms with E-state index in [2.05, 4.69) is 0 Å². The molecular weight excluding hydrogens is 376 g/mol. The molecule has 0 amide bonds. The number of rotatable bonds is 2. The molecular formula is C18H16O6S2. The summed E-state index contributed by atoms with van der Waals surface area (Å²) in [7, 11) is -7.96. The minimum atomic E-state index is -3.98. The lowest BCUT2D eigenvalue weighted by molar-refractivity contribution is 0.0524. The molecule has 136 valence electrons. The smallest absolute Gasteiger partial charge is 0.187 e. The fraction of sp³-hybridized carbons (Fsp3) is 0.333. The quantitative estimate of drug-likeness (QED) is 0.775. The Balaban J connectivity index is 1.95. The van der Waals surface area contributed by atoms with E-state index >= 15 is 0 Å². The number of fused-ring (bicyclic) bond motifs is 8. The van der Waals surface area contributed by atoms with Crippen LogP contribution in [0, 0.1) is 0 Å². The predicted molar refractivity (Wildman–Crippen MR) is 92.4 cm³/mol. The molecule has 2 aromatic rings. The topological polar surface area (TPSA) is 109 Å². The molecule has 1 fully saturated rings. The Morgan fingerprint density at radius 2 is 1.04 bits per heavy atom. The van der Waals surface area contributed by atoms with Gasteiger partial charge in [-0.2, -0.15) is 0 Å². The maximum Gasteiger partial charge on any atom is 0.187 e. The summed E-state index contributed by atoms with van der Waals surface area (Å²) in [6, 6.07) is 12.5. The molecule has 8 heteroatoms. The normalized spacial score (nSPS) is 37.2. The van der Waals surface area contributed by atoms with Gasteiger partial charge in [0.05, 0.1) is 23.0 Å². The minimum Gasteiger partial charge on any atom is -0.395 e. The largest absolute Gasteiger partial charge is 0.395 e. The second-order valence-electron chi connectivity index (χ2n) is 7.17. The molecule has 0 atom stereocenters. The van der Waals surface area contributed by atoms with Crippen LogP contribution in [0.1, 0.15) is 23.0 Å². The molecule has 0 bridgehead atoms. The van der Waals surface area contributed by atoms with E-state index in [0.29, 0.717) is 11.1 Å². The lowest BCUT2D eigenvalue weighted by Gasteiger charge is -2.59. The highest BCUT2D eigenvalue weighted by Crippen LogP contribution is 2.77. The van der Waals surface area contributed by atoms with Gasteiger partial charge < -0.3 is 10.2 Å². The highest BCUT2D eigenvalue weighted by molar-refractivity contribution is 7.95. The van der Waals surface area contributed by atoms with E-state index in [4.69, 9.17) is 0 Å². The fourth-order valence-corrected chi connectivity index (χ4v) is 11.0. The van der Waals surface area contributed by atoms with Crippen molar-refractivity contribution in [2.24, 2.45) is 0 Å². The van der Waals surface area contributed by atoms with Crippen LogP contribution in [0.3, 0.4) is 0 Å². The van der Waals surface area contributed by atoms with Gasteiger partial charge in [-0.25, -0.2) is 16.8 Å². The van der Waals surface area contributed by atoms with Crippen LogP contribution in [-0.2, 0) is 19.7 Å². The van der Waals surface area contributed by atoms with Crippen molar-refractivity contribution in [3.8, 4) is 0 Å². The van der Waals surface area contributed by atoms with E-state index in [-0.39, 0.29) is 9.79 Å². The standard InChI is InChI=1S/C18H16O6S2/c19-9-17-15(11-5-1-3-7-13(11)25(17,21)22)18(10-20)16(17)12-6-2-4-8-14(12)26(18,23)24/h1-8,15-16,19-20H,9-10H2. The van der Waals surface area contributed by atoms with Gasteiger partial charge in [-0.1, -0.05) is 36.4 Å². The molecule has 2 aliphatic heterocycles. The van der Waals surface area contributed by atoms with E-state index in [1.165, 1.54) is 12.1 Å². The van der Waals surface area contributed by atoms with Crippen molar-refractivity contribution >= 4 is 19.7 Å². The molecule has 0 aromatic heterocycles. The van der Waals surface area contributed by atoms with Crippen LogP contribution >= 0.6 is 0 Å². The van der Waals surface area contributed by atoms with Crippen LogP contribution in [0.4, 0.5) is 0 Å². The molecule has 0 radical (unpaired) electrons. The van der Waals surface area contributed by atoms with Crippen molar-refractivity contribution in [2.45, 2.75) is 31.1 Å². The van der Waals surface area contributed by atoms with Gasteiger partial charge in [0.15, 0.2) is 19.7 Å². The number of hydrogen-bond donors (Lipinski definition) is 2. The Morgan fingerprint density at radius 3 is 1.38 bits per heavy atom. The van der Waals surface area contributed by atoms with Gasteiger partial charge in [-0.05, 0) is 23.3 Å². The van der Waals surface area contributed by atoms with Crippen molar-refractivity contribution < 1.29 is 27.0 Å². The minimum absolute atomic E-state index is 0.0500. The van der Waals surface area contributed by atoms with Crippen LogP contribution in [0.15, 0.2) is 58.3 Å². The SMILES string of the molecule is O=S1(=O)c2ccccc2C2C1(CO)C1c3ccccc3S(=O)(=O)C21CO. The van der Waals surface area contributed by atoms with Crippen molar-refractivity contribution in [1.29, 1.82) is 0 Å². The number of hydrogen-bond acceptors (Lipinski definition) is 6. The Kier molecular flexibility index (Phi) is 2.88. The third-order valence-corrected chi connectivity index (χ3v) is 11.6. The number of aliphatic hydroxyl groups excluding tert-OH is 2. The van der Waals surface area contributed by atoms with E-state index in [1.807, 2.05) is 0 Å². The van der Waals surface area contributed by atoms with Crippen LogP contribution in [-0.4, -0.2) is 49.8 Å². The average Bonchev–Trinajstić information content (AvgIpc) is 2.89. The van der Waals surface area contributed by atoms with E-state index in [0.717, 1.165) is 0 Å². The first-order valence-corrected chi connectivity index (χ1v) is 11.2. The Labute approximate surface area is 150 Å². The Hall–Kier alpha value is -1.74. The molecule has 26 heavy (non-hydrogen) atoms. The van der Waals surface area contributed by atoms with Gasteiger partial charge >= 0.3 is 0 Å². The maximum absolute atomic E-state index is 13.4. The zero-order valence-corrected chi connectivity index (χ0v) is 15.2. The van der Waals surface area contributed by atoms with Crippen LogP contribution < -0.4 is 0 Å². The molecule has 2 N–H and O–H groups in total. The number of benzene rings is 2. The van der Waals surface area contributed by atoms with Gasteiger partial charge in [0.2, 0.25) is 0 Å². The lowest BCUT2D eigenvalue weighted by atomic mass is 9.52. The van der Waals surface area contributed by atoms with Crippen molar-refractivity contribution in [2.75, 3.05) is 13.2 Å². The first-order valence-electron chi connectivity index (χ1n) is 8.21. The molecule has 1 saturated carbocycles. The monoisotopic (exact) mass is 392 g/mol. The zero-order valence-electron chi connectivity index (χ0n) is 13.5. The Bertz CT molecular complexity index is 1060. The van der Waals surface area contributed by atoms with Crippen LogP contribution in [0.25, 0.3) is 0 Å². The Morgan fingerprint density at radius 1 is 0.692 bits per heavy atom. The van der Waals surface area contributed by atoms with Crippen LogP contribution in [0.5, 0.6) is 0 Å². The molecule has 2 heterocycles. The van der Waals surface area contributed by atoms with Gasteiger partial charge in [0.25, 0.3) is 0 Å². The molecule has 5 rings (SSSR count). The van der Waals surface area contributed by atoms with Crippen molar-refractivity contribution in [1.82, 2.24) is 0 Å². The van der Waals surface area contributed by atoms with Crippen molar-refractivity contribution in [3.63, 3.8) is 0 Å². The second-order valence-corrected chi connectivity index (χ2v) is 11.6. The molecule has 0 unspecified atom stereocenters. The summed E-state index contributed by atoms with van der Waals surface area (Å²) >= 11 is 0. The van der Waals surface area contributed by atoms with E-state index in [9.17, 15) is 27.0 Å². The summed E-state index contributed by atoms with van der Waals surface area (Å²) in [5.41, 5.74) is 0.728. The summed E-state index contributed by atoms with van der Waals surface area (Å²) in [4.78, 5) is 0.0999. The van der Waals surface area contributed by atoms with Gasteiger partial charge in [-0.15, -0.1) is 0 Å². The first kappa shape index (κ1) is 16.4. The fourth-order valence-electron chi connectivity index (χ4n) is 5.61. The zero-order chi connectivity index (χ0) is 18.5. The summed E-state index contributed by atoms with van der Waals surface area (Å²) < 4.78 is 50.2. The van der Waals surface area contributed by atoms with Crippen LogP contribution in [0.2, 0.25) is 0 Å². The summed E-state index contributed by atoms with van der Waals surface area (Å²) in [6.07, 6.45) is 0. The molecule has 1 aliphatic carbocycles. The number of aliphatic hydroxyl groups is 2. The lowest BCUT2D eigenvalue weighted by Crippen LogP contribution is -2.74. The van der Waals surface area contributed by atoms with Crippen molar-refractivity contribution in [3.05, 3.63) is 59.7 Å². The predicted octanol–water partition coefficient (Wildman–Crippen LogP) is 0.604. The molecule has 0 spiro atoms. The highest BCUT2D eigenvalue weighted by Gasteiger charge is 2.86. The summed E-state index contributed by atoms with van der Waals surface area (Å²) in [5.74, 6) is -2.01. The molecule has 0 saturated heterocycles. The van der Waals surface area contributed by atoms with E-state index < -0.39 is 54.2 Å². The molecule has 2 aromatic carbocycles. The maximum atomic E-state index is 13.4. The number of sulfone groups is 2. The summed E-state index contributed by atoms with van der Waals surface area (Å²) in [5, 5.41) is 20.5. The second kappa shape index (κ2) is 4.56. The summed E-state index contributed by atoms with van der Waals surface area (Å²) in [6.45, 7) is -1.41. The van der Waals surface area contributed by atoms with Gasteiger partial charge in [-0.3, -0.25) is 0 Å². The molecule has 6 nitrogen and oxygen atoms in total. The first-order chi connectivity index (χ1) is 12.3. The van der Waals surface area contributed by atoms with Gasteiger partial charge in [0, 0.05) is 11.8 Å². The third kappa shape index (κ3) is 1.29. The third-order valence-electron chi connectivity index (χ3n) is 6.49.